The van der Waals surface area contributed by atoms with Gasteiger partial charge in [-0.1, -0.05) is 20.8 Å². The number of hydrogen-bond donors (Lipinski definition) is 1. The summed E-state index contributed by atoms with van der Waals surface area (Å²) in [6.07, 6.45) is 3.35. The summed E-state index contributed by atoms with van der Waals surface area (Å²) < 4.78 is 38.8. The molecule has 14 heteroatoms. The minimum Gasteiger partial charge on any atom is -0.464 e. The van der Waals surface area contributed by atoms with Crippen molar-refractivity contribution in [1.82, 2.24) is 10.2 Å². The van der Waals surface area contributed by atoms with Crippen molar-refractivity contribution < 1.29 is 57.1 Å². The van der Waals surface area contributed by atoms with Gasteiger partial charge in [0.1, 0.15) is 0 Å². The van der Waals surface area contributed by atoms with Crippen LogP contribution >= 0.6 is 0 Å². The van der Waals surface area contributed by atoms with Crippen molar-refractivity contribution in [3.63, 3.8) is 0 Å². The van der Waals surface area contributed by atoms with E-state index >= 15 is 0 Å². The summed E-state index contributed by atoms with van der Waals surface area (Å²) >= 11 is 0. The molecule has 5 aliphatic rings. The molecule has 14 nitrogen and oxygen atoms in total. The van der Waals surface area contributed by atoms with Gasteiger partial charge in [0.15, 0.2) is 18.3 Å². The molecule has 5 aliphatic heterocycles. The van der Waals surface area contributed by atoms with E-state index in [1.54, 1.807) is 14.2 Å². The van der Waals surface area contributed by atoms with Gasteiger partial charge in [0, 0.05) is 66.4 Å². The van der Waals surface area contributed by atoms with Crippen molar-refractivity contribution in [2.24, 2.45) is 11.3 Å². The molecular weight excluding hydrogens is 580 g/mol. The van der Waals surface area contributed by atoms with Crippen LogP contribution in [0.5, 0.6) is 0 Å². The fraction of sp³-hybridized carbons (Fsp3) is 0.867. The van der Waals surface area contributed by atoms with E-state index in [0.29, 0.717) is 45.3 Å². The van der Waals surface area contributed by atoms with Crippen LogP contribution in [0.4, 0.5) is 0 Å². The van der Waals surface area contributed by atoms with E-state index < -0.39 is 0 Å². The van der Waals surface area contributed by atoms with E-state index in [1.807, 2.05) is 20.8 Å². The number of carbonyl (C=O) groups is 4. The molecule has 5 saturated heterocycles. The highest BCUT2D eigenvalue weighted by Crippen LogP contribution is 2.30. The Labute approximate surface area is 261 Å². The molecule has 1 amide bonds. The third kappa shape index (κ3) is 13.7. The van der Waals surface area contributed by atoms with Crippen LogP contribution in [0.15, 0.2) is 0 Å². The number of rotatable bonds is 5. The lowest BCUT2D eigenvalue weighted by molar-refractivity contribution is -0.147. The Morgan fingerprint density at radius 2 is 1.50 bits per heavy atom. The third-order valence-corrected chi connectivity index (χ3v) is 7.60. The molecule has 0 saturated carbocycles. The van der Waals surface area contributed by atoms with Crippen LogP contribution in [0.3, 0.4) is 0 Å². The molecule has 0 spiro atoms. The Bertz CT molecular complexity index is 886. The summed E-state index contributed by atoms with van der Waals surface area (Å²) in [6, 6.07) is 0. The molecule has 5 heterocycles. The maximum atomic E-state index is 10.9. The minimum atomic E-state index is -0.382. The van der Waals surface area contributed by atoms with Crippen molar-refractivity contribution in [3.8, 4) is 0 Å². The van der Waals surface area contributed by atoms with Gasteiger partial charge in [-0.05, 0) is 26.4 Å². The Morgan fingerprint density at radius 3 is 1.77 bits per heavy atom. The molecule has 0 radical (unpaired) electrons. The van der Waals surface area contributed by atoms with Gasteiger partial charge in [-0.15, -0.1) is 0 Å². The van der Waals surface area contributed by atoms with Gasteiger partial charge in [-0.3, -0.25) is 4.79 Å². The molecule has 0 aromatic heterocycles. The first-order chi connectivity index (χ1) is 20.8. The van der Waals surface area contributed by atoms with E-state index in [-0.39, 0.29) is 59.6 Å². The van der Waals surface area contributed by atoms with E-state index in [4.69, 9.17) is 33.2 Å². The van der Waals surface area contributed by atoms with Crippen LogP contribution in [-0.4, -0.2) is 141 Å². The quantitative estimate of drug-likeness (QED) is 0.337. The first-order valence-electron chi connectivity index (χ1n) is 14.9. The van der Waals surface area contributed by atoms with Gasteiger partial charge >= 0.3 is 17.9 Å². The Morgan fingerprint density at radius 1 is 0.818 bits per heavy atom. The SMILES string of the molecule is COC1C(=O)OCC1(C)C.COC1C(=O)OCC1C.COC1CCCN(C)C1.COC1CCOC1=O.COC1CNC(=O)C1. The number of likely N-dealkylation sites (N-methyl/N-ethyl adjacent to an activating group) is 1. The number of cyclic esters (lactones) is 3. The lowest BCUT2D eigenvalue weighted by Gasteiger charge is -2.28. The monoisotopic (exact) mass is 634 g/mol. The van der Waals surface area contributed by atoms with Gasteiger partial charge in [-0.2, -0.15) is 0 Å². The molecular formula is C30H54N2O12. The zero-order valence-corrected chi connectivity index (χ0v) is 27.9. The second-order valence-corrected chi connectivity index (χ2v) is 11.8. The summed E-state index contributed by atoms with van der Waals surface area (Å²) in [5, 5.41) is 2.66. The normalized spacial score (nSPS) is 30.5. The Balaban J connectivity index is 0.000000276. The minimum absolute atomic E-state index is 0.0943. The van der Waals surface area contributed by atoms with Crippen LogP contribution < -0.4 is 5.32 Å². The molecule has 5 rings (SSSR count). The van der Waals surface area contributed by atoms with E-state index in [2.05, 4.69) is 22.0 Å². The number of methoxy groups -OCH3 is 5. The average Bonchev–Trinajstić information content (AvgIpc) is 3.77. The number of carbonyl (C=O) groups excluding carboxylic acids is 4. The summed E-state index contributed by atoms with van der Waals surface area (Å²) in [4.78, 5) is 44.7. The van der Waals surface area contributed by atoms with Crippen LogP contribution in [0.2, 0.25) is 0 Å². The number of ether oxygens (including phenoxy) is 8. The molecule has 256 valence electrons. The first-order valence-corrected chi connectivity index (χ1v) is 14.9. The highest BCUT2D eigenvalue weighted by atomic mass is 16.6. The van der Waals surface area contributed by atoms with Crippen LogP contribution in [0.25, 0.3) is 0 Å². The number of esters is 3. The molecule has 0 aliphatic carbocycles. The summed E-state index contributed by atoms with van der Waals surface area (Å²) in [7, 11) is 10.1. The lowest BCUT2D eigenvalue weighted by Crippen LogP contribution is -2.36. The third-order valence-electron chi connectivity index (χ3n) is 7.60. The number of nitrogens with zero attached hydrogens (tertiary/aromatic N) is 1. The molecule has 0 aromatic carbocycles. The second-order valence-electron chi connectivity index (χ2n) is 11.8. The van der Waals surface area contributed by atoms with E-state index in [0.717, 1.165) is 6.54 Å². The molecule has 6 atom stereocenters. The summed E-state index contributed by atoms with van der Waals surface area (Å²) in [5.74, 6) is -0.399. The predicted octanol–water partition coefficient (Wildman–Crippen LogP) is 0.975. The summed E-state index contributed by atoms with van der Waals surface area (Å²) in [5.41, 5.74) is -0.161. The first kappa shape index (κ1) is 39.7. The van der Waals surface area contributed by atoms with Crippen LogP contribution in [-0.2, 0) is 57.1 Å². The molecule has 6 unspecified atom stereocenters. The number of hydrogen-bond acceptors (Lipinski definition) is 13. The van der Waals surface area contributed by atoms with Gasteiger partial charge in [0.25, 0.3) is 0 Å². The molecule has 5 fully saturated rings. The predicted molar refractivity (Wildman–Crippen MR) is 159 cm³/mol. The van der Waals surface area contributed by atoms with Crippen molar-refractivity contribution in [2.45, 2.75) is 77.0 Å². The van der Waals surface area contributed by atoms with Crippen molar-refractivity contribution in [2.75, 3.05) is 82.1 Å². The highest BCUT2D eigenvalue weighted by Gasteiger charge is 2.43. The van der Waals surface area contributed by atoms with Crippen LogP contribution in [0, 0.1) is 11.3 Å². The fourth-order valence-corrected chi connectivity index (χ4v) is 4.84. The number of amides is 1. The zero-order valence-electron chi connectivity index (χ0n) is 27.9. The van der Waals surface area contributed by atoms with Crippen LogP contribution in [0.1, 0.15) is 46.5 Å². The van der Waals surface area contributed by atoms with E-state index in [9.17, 15) is 19.2 Å². The second kappa shape index (κ2) is 20.6. The van der Waals surface area contributed by atoms with Gasteiger partial charge in [0.2, 0.25) is 5.91 Å². The number of nitrogens with one attached hydrogen (secondary N) is 1. The average molecular weight is 635 g/mol. The molecule has 0 aromatic rings. The van der Waals surface area contributed by atoms with Gasteiger partial charge in [-0.25, -0.2) is 14.4 Å². The van der Waals surface area contributed by atoms with Gasteiger partial charge in [0.05, 0.1) is 38.4 Å². The number of piperidine rings is 1. The van der Waals surface area contributed by atoms with Crippen molar-refractivity contribution in [1.29, 1.82) is 0 Å². The zero-order chi connectivity index (χ0) is 33.3. The standard InChI is InChI=1S/C7H15NO.C7H12O3.C6H10O3.C5H9NO2.C5H8O3/c1-8-5-3-4-7(6-8)9-2;1-7(2)4-10-6(8)5(7)9-3;1-4-3-9-6(7)5(4)8-2;1-8-4-2-5(7)6-3-4;1-7-4-2-3-8-5(4)6/h7H,3-6H2,1-2H3;5H,4H2,1-3H3;4-5H,3H2,1-2H3;4H,2-3H2,1H3,(H,6,7);4H,2-3H2,1H3. The molecule has 0 bridgehead atoms. The summed E-state index contributed by atoms with van der Waals surface area (Å²) in [6.45, 7) is 10.3. The largest absolute Gasteiger partial charge is 0.464 e. The van der Waals surface area contributed by atoms with Gasteiger partial charge < -0.3 is 48.1 Å². The molecule has 44 heavy (non-hydrogen) atoms. The highest BCUT2D eigenvalue weighted by molar-refractivity contribution is 5.79. The maximum absolute atomic E-state index is 10.9. The van der Waals surface area contributed by atoms with Crippen molar-refractivity contribution >= 4 is 23.8 Å². The topological polar surface area (TPSA) is 157 Å². The smallest absolute Gasteiger partial charge is 0.335 e. The maximum Gasteiger partial charge on any atom is 0.335 e. The Hall–Kier alpha value is -2.36. The lowest BCUT2D eigenvalue weighted by atomic mass is 9.90. The number of likely N-dealkylation sites (tertiary alicyclic amines) is 1. The fourth-order valence-electron chi connectivity index (χ4n) is 4.84. The molecule has 1 N–H and O–H groups in total. The van der Waals surface area contributed by atoms with Crippen molar-refractivity contribution in [3.05, 3.63) is 0 Å². The Kier molecular flexibility index (Phi) is 18.6. The van der Waals surface area contributed by atoms with E-state index in [1.165, 1.54) is 40.7 Å².